The molecule has 0 saturated carbocycles. The van der Waals surface area contributed by atoms with Crippen molar-refractivity contribution in [1.29, 1.82) is 0 Å². The van der Waals surface area contributed by atoms with Crippen LogP contribution in [0.25, 0.3) is 0 Å². The molecular weight excluding hydrogens is 399 g/mol. The van der Waals surface area contributed by atoms with E-state index in [9.17, 15) is 31.6 Å². The van der Waals surface area contributed by atoms with E-state index in [2.05, 4.69) is 11.8 Å². The average Bonchev–Trinajstić information content (AvgIpc) is 2.66. The predicted octanol–water partition coefficient (Wildman–Crippen LogP) is 1.40. The van der Waals surface area contributed by atoms with Gasteiger partial charge in [-0.1, -0.05) is 5.92 Å². The van der Waals surface area contributed by atoms with Gasteiger partial charge < -0.3 is 4.90 Å². The van der Waals surface area contributed by atoms with Gasteiger partial charge in [0, 0.05) is 31.9 Å². The third kappa shape index (κ3) is 5.37. The van der Waals surface area contributed by atoms with Crippen LogP contribution >= 0.6 is 0 Å². The molecular formula is C17H20F3N3O4S. The third-order valence-electron chi connectivity index (χ3n) is 4.30. The fraction of sp³-hybridized carbons (Fsp3) is 0.471. The molecule has 1 aliphatic rings. The second kappa shape index (κ2) is 8.81. The Kier molecular flexibility index (Phi) is 6.92. The number of hydroxylamine groups is 2. The Hall–Kier alpha value is -2.29. The van der Waals surface area contributed by atoms with Crippen LogP contribution in [0.5, 0.6) is 0 Å². The molecule has 1 fully saturated rings. The van der Waals surface area contributed by atoms with E-state index in [0.29, 0.717) is 18.8 Å². The van der Waals surface area contributed by atoms with Crippen molar-refractivity contribution in [2.24, 2.45) is 0 Å². The number of alkyl halides is 3. The molecule has 1 amide bonds. The molecule has 1 atom stereocenters. The van der Waals surface area contributed by atoms with Crippen molar-refractivity contribution in [3.05, 3.63) is 29.8 Å². The van der Waals surface area contributed by atoms with Crippen molar-refractivity contribution in [2.75, 3.05) is 36.8 Å². The zero-order valence-electron chi connectivity index (χ0n) is 15.1. The lowest BCUT2D eigenvalue weighted by Crippen LogP contribution is -2.51. The Morgan fingerprint density at radius 3 is 2.25 bits per heavy atom. The molecule has 1 aromatic carbocycles. The quantitative estimate of drug-likeness (QED) is 0.326. The Morgan fingerprint density at radius 2 is 1.79 bits per heavy atom. The van der Waals surface area contributed by atoms with Gasteiger partial charge in [0.2, 0.25) is 16.4 Å². The first-order valence-corrected chi connectivity index (χ1v) is 9.94. The van der Waals surface area contributed by atoms with Crippen LogP contribution in [0.2, 0.25) is 0 Å². The molecule has 0 aromatic heterocycles. The van der Waals surface area contributed by atoms with E-state index in [1.807, 2.05) is 0 Å². The van der Waals surface area contributed by atoms with Gasteiger partial charge in [-0.2, -0.15) is 17.5 Å². The number of nitrogens with zero attached hydrogens (tertiary/aromatic N) is 3. The van der Waals surface area contributed by atoms with Gasteiger partial charge in [0.25, 0.3) is 0 Å². The summed E-state index contributed by atoms with van der Waals surface area (Å²) >= 11 is 0. The molecule has 0 aliphatic carbocycles. The Labute approximate surface area is 161 Å². The Balaban J connectivity index is 2.02. The number of hydrogen-bond donors (Lipinski definition) is 1. The molecule has 2 rings (SSSR count). The number of carbonyl (C=O) groups excluding carboxylic acids is 1. The number of halogens is 3. The molecule has 0 bridgehead atoms. The van der Waals surface area contributed by atoms with Crippen LogP contribution in [0.1, 0.15) is 12.5 Å². The number of sulfonamides is 1. The fourth-order valence-electron chi connectivity index (χ4n) is 2.81. The molecule has 1 aromatic rings. The molecule has 154 valence electrons. The molecule has 28 heavy (non-hydrogen) atoms. The van der Waals surface area contributed by atoms with E-state index in [-0.39, 0.29) is 24.6 Å². The minimum Gasteiger partial charge on any atom is -0.369 e. The van der Waals surface area contributed by atoms with Crippen molar-refractivity contribution in [3.63, 3.8) is 0 Å². The van der Waals surface area contributed by atoms with Gasteiger partial charge in [0.05, 0.1) is 11.3 Å². The SMILES string of the molecule is CC#CC(CS(=O)(=O)N1CCN(c2ccc(C(F)(F)F)cc2)CC1)N(O)C=O. The molecule has 0 spiro atoms. The molecule has 1 N–H and O–H groups in total. The predicted molar refractivity (Wildman–Crippen MR) is 95.9 cm³/mol. The smallest absolute Gasteiger partial charge is 0.369 e. The number of amides is 1. The molecule has 7 nitrogen and oxygen atoms in total. The minimum atomic E-state index is -4.41. The van der Waals surface area contributed by atoms with E-state index in [1.165, 1.54) is 23.4 Å². The summed E-state index contributed by atoms with van der Waals surface area (Å²) in [6, 6.07) is 3.50. The lowest BCUT2D eigenvalue weighted by molar-refractivity contribution is -0.153. The monoisotopic (exact) mass is 419 g/mol. The lowest BCUT2D eigenvalue weighted by atomic mass is 10.2. The summed E-state index contributed by atoms with van der Waals surface area (Å²) in [5.41, 5.74) is -0.175. The van der Waals surface area contributed by atoms with Gasteiger partial charge in [-0.15, -0.1) is 5.92 Å². The molecule has 0 radical (unpaired) electrons. The van der Waals surface area contributed by atoms with Crippen LogP contribution in [0.3, 0.4) is 0 Å². The number of benzene rings is 1. The molecule has 1 saturated heterocycles. The maximum absolute atomic E-state index is 12.6. The first-order valence-electron chi connectivity index (χ1n) is 8.33. The number of anilines is 1. The van der Waals surface area contributed by atoms with Gasteiger partial charge in [0.1, 0.15) is 6.04 Å². The lowest BCUT2D eigenvalue weighted by Gasteiger charge is -2.36. The zero-order valence-corrected chi connectivity index (χ0v) is 15.9. The van der Waals surface area contributed by atoms with E-state index >= 15 is 0 Å². The first kappa shape index (κ1) is 22.0. The summed E-state index contributed by atoms with van der Waals surface area (Å²) < 4.78 is 64.3. The summed E-state index contributed by atoms with van der Waals surface area (Å²) in [4.78, 5) is 12.5. The summed E-state index contributed by atoms with van der Waals surface area (Å²) in [6.07, 6.45) is -4.32. The van der Waals surface area contributed by atoms with Gasteiger partial charge in [-0.3, -0.25) is 10.0 Å². The van der Waals surface area contributed by atoms with Crippen LogP contribution in [-0.2, 0) is 21.0 Å². The summed E-state index contributed by atoms with van der Waals surface area (Å²) in [5.74, 6) is 4.39. The van der Waals surface area contributed by atoms with Gasteiger partial charge in [-0.25, -0.2) is 13.5 Å². The van der Waals surface area contributed by atoms with Crippen molar-refractivity contribution in [3.8, 4) is 11.8 Å². The maximum atomic E-state index is 12.6. The van der Waals surface area contributed by atoms with Crippen LogP contribution in [-0.4, -0.2) is 67.4 Å². The summed E-state index contributed by atoms with van der Waals surface area (Å²) in [5, 5.41) is 9.69. The standard InChI is InChI=1S/C17H20F3N3O4S/c1-2-3-16(23(25)13-24)12-28(26,27)22-10-8-21(9-11-22)15-6-4-14(5-7-15)17(18,19)20/h4-7,13,16,25H,8-12H2,1H3. The highest BCUT2D eigenvalue weighted by Gasteiger charge is 2.32. The molecule has 11 heteroatoms. The van der Waals surface area contributed by atoms with Crippen molar-refractivity contribution < 1.29 is 31.6 Å². The van der Waals surface area contributed by atoms with E-state index in [4.69, 9.17) is 0 Å². The first-order chi connectivity index (χ1) is 13.1. The van der Waals surface area contributed by atoms with Gasteiger partial charge in [-0.05, 0) is 31.2 Å². The van der Waals surface area contributed by atoms with E-state index < -0.39 is 33.6 Å². The largest absolute Gasteiger partial charge is 0.416 e. The highest BCUT2D eigenvalue weighted by Crippen LogP contribution is 2.30. The minimum absolute atomic E-state index is 0.0904. The fourth-order valence-corrected chi connectivity index (χ4v) is 4.38. The molecule has 1 unspecified atom stereocenters. The Bertz CT molecular complexity index is 839. The number of carbonyl (C=O) groups is 1. The molecule has 1 heterocycles. The van der Waals surface area contributed by atoms with Crippen molar-refractivity contribution in [1.82, 2.24) is 9.37 Å². The second-order valence-electron chi connectivity index (χ2n) is 6.10. The van der Waals surface area contributed by atoms with E-state index in [0.717, 1.165) is 12.1 Å². The second-order valence-corrected chi connectivity index (χ2v) is 8.12. The van der Waals surface area contributed by atoms with Crippen LogP contribution < -0.4 is 4.90 Å². The normalized spacial score (nSPS) is 16.8. The highest BCUT2D eigenvalue weighted by molar-refractivity contribution is 7.89. The van der Waals surface area contributed by atoms with Gasteiger partial charge >= 0.3 is 6.18 Å². The number of rotatable bonds is 6. The number of piperazine rings is 1. The Morgan fingerprint density at radius 1 is 1.21 bits per heavy atom. The summed E-state index contributed by atoms with van der Waals surface area (Å²) in [6.45, 7) is 2.31. The number of hydrogen-bond acceptors (Lipinski definition) is 5. The van der Waals surface area contributed by atoms with Crippen LogP contribution in [0.4, 0.5) is 18.9 Å². The summed E-state index contributed by atoms with van der Waals surface area (Å²) in [7, 11) is -3.80. The van der Waals surface area contributed by atoms with Crippen LogP contribution in [0, 0.1) is 11.8 Å². The van der Waals surface area contributed by atoms with Crippen molar-refractivity contribution in [2.45, 2.75) is 19.1 Å². The van der Waals surface area contributed by atoms with Crippen LogP contribution in [0.15, 0.2) is 24.3 Å². The van der Waals surface area contributed by atoms with E-state index in [1.54, 1.807) is 4.90 Å². The van der Waals surface area contributed by atoms with Gasteiger partial charge in [0.15, 0.2) is 0 Å². The topological polar surface area (TPSA) is 81.2 Å². The maximum Gasteiger partial charge on any atom is 0.416 e. The average molecular weight is 419 g/mol. The highest BCUT2D eigenvalue weighted by atomic mass is 32.2. The molecule has 1 aliphatic heterocycles. The zero-order chi connectivity index (χ0) is 20.9. The third-order valence-corrected chi connectivity index (χ3v) is 6.19. The van der Waals surface area contributed by atoms with Crippen molar-refractivity contribution >= 4 is 22.1 Å².